The van der Waals surface area contributed by atoms with Gasteiger partial charge in [0.05, 0.1) is 0 Å². The molecule has 226 valence electrons. The molecule has 0 heterocycles. The molecule has 40 heavy (non-hydrogen) atoms. The summed E-state index contributed by atoms with van der Waals surface area (Å²) in [6, 6.07) is 0. The second-order valence-electron chi connectivity index (χ2n) is 14.4. The summed E-state index contributed by atoms with van der Waals surface area (Å²) in [6.45, 7) is 7.02. The van der Waals surface area contributed by atoms with Crippen molar-refractivity contribution < 1.29 is 14.3 Å². The van der Waals surface area contributed by atoms with Crippen LogP contribution in [0.3, 0.4) is 0 Å². The molecule has 0 radical (unpaired) electrons. The molecule has 0 aliphatic heterocycles. The van der Waals surface area contributed by atoms with Crippen molar-refractivity contribution in [3.8, 4) is 0 Å². The van der Waals surface area contributed by atoms with Gasteiger partial charge in [-0.1, -0.05) is 95.9 Å². The number of rotatable bonds is 16. The van der Waals surface area contributed by atoms with Gasteiger partial charge >= 0.3 is 5.97 Å². The molecule has 0 amide bonds. The van der Waals surface area contributed by atoms with E-state index in [1.807, 2.05) is 0 Å². The van der Waals surface area contributed by atoms with Crippen LogP contribution in [0.25, 0.3) is 0 Å². The molecule has 0 aromatic heterocycles. The van der Waals surface area contributed by atoms with Crippen LogP contribution >= 0.6 is 0 Å². The van der Waals surface area contributed by atoms with Crippen LogP contribution in [0, 0.1) is 28.6 Å². The van der Waals surface area contributed by atoms with Crippen molar-refractivity contribution in [1.82, 2.24) is 0 Å². The van der Waals surface area contributed by atoms with Gasteiger partial charge in [-0.15, -0.1) is 0 Å². The molecule has 4 aliphatic rings. The Morgan fingerprint density at radius 2 is 1.48 bits per heavy atom. The molecule has 0 aromatic carbocycles. The standard InChI is InChI=1S/C37H60O3/c1-4-5-6-7-8-9-10-11-12-13-14-15-16-17-18-19-35(39)40-30-24-26-36(2)29(28-30)20-21-31-32-22-23-34(38)37(32,3)27-25-33(31)36/h11-12,20,30-33H,4-10,13-19,21-28H2,1-3H3/b12-11+/t30-,31?,32?,33?,36-,37-/m0/s1. The average molecular weight is 553 g/mol. The van der Waals surface area contributed by atoms with E-state index in [1.165, 1.54) is 77.0 Å². The third-order valence-electron chi connectivity index (χ3n) is 11.7. The summed E-state index contributed by atoms with van der Waals surface area (Å²) < 4.78 is 6.01. The van der Waals surface area contributed by atoms with Gasteiger partial charge in [0.15, 0.2) is 0 Å². The summed E-state index contributed by atoms with van der Waals surface area (Å²) in [5.41, 5.74) is 1.73. The second kappa shape index (κ2) is 15.2. The van der Waals surface area contributed by atoms with Gasteiger partial charge in [0.1, 0.15) is 11.9 Å². The number of carbonyl (C=O) groups is 2. The van der Waals surface area contributed by atoms with E-state index in [0.29, 0.717) is 30.0 Å². The van der Waals surface area contributed by atoms with Crippen LogP contribution in [-0.4, -0.2) is 17.9 Å². The fraction of sp³-hybridized carbons (Fsp3) is 0.838. The molecule has 0 N–H and O–H groups in total. The van der Waals surface area contributed by atoms with Crippen molar-refractivity contribution >= 4 is 11.8 Å². The minimum atomic E-state index is -0.0560. The highest BCUT2D eigenvalue weighted by Gasteiger charge is 2.58. The summed E-state index contributed by atoms with van der Waals surface area (Å²) in [6.07, 6.45) is 32.8. The third kappa shape index (κ3) is 7.71. The molecule has 3 fully saturated rings. The number of hydrogen-bond donors (Lipinski definition) is 0. The Balaban J connectivity index is 1.07. The number of hydrogen-bond acceptors (Lipinski definition) is 3. The molecule has 4 rings (SSSR count). The Hall–Kier alpha value is -1.38. The normalized spacial score (nSPS) is 33.4. The lowest BCUT2D eigenvalue weighted by Gasteiger charge is -2.56. The Morgan fingerprint density at radius 3 is 2.20 bits per heavy atom. The van der Waals surface area contributed by atoms with Crippen molar-refractivity contribution in [2.75, 3.05) is 0 Å². The second-order valence-corrected chi connectivity index (χ2v) is 14.4. The number of unbranched alkanes of at least 4 members (excludes halogenated alkanes) is 11. The van der Waals surface area contributed by atoms with Crippen LogP contribution < -0.4 is 0 Å². The largest absolute Gasteiger partial charge is 0.462 e. The minimum Gasteiger partial charge on any atom is -0.462 e. The molecule has 0 saturated heterocycles. The van der Waals surface area contributed by atoms with E-state index in [1.54, 1.807) is 5.57 Å². The van der Waals surface area contributed by atoms with Crippen LogP contribution in [0.15, 0.2) is 23.8 Å². The summed E-state index contributed by atoms with van der Waals surface area (Å²) in [4.78, 5) is 25.3. The fourth-order valence-electron chi connectivity index (χ4n) is 9.08. The first-order valence-electron chi connectivity index (χ1n) is 17.5. The summed E-state index contributed by atoms with van der Waals surface area (Å²) in [5.74, 6) is 2.48. The number of Topliss-reactive ketones (excluding diaryl/α,β-unsaturated/α-hetero) is 1. The molecule has 3 heteroatoms. The van der Waals surface area contributed by atoms with E-state index >= 15 is 0 Å². The van der Waals surface area contributed by atoms with Crippen molar-refractivity contribution in [3.05, 3.63) is 23.8 Å². The minimum absolute atomic E-state index is 0.0124. The van der Waals surface area contributed by atoms with Crippen molar-refractivity contribution in [2.24, 2.45) is 28.6 Å². The predicted molar refractivity (Wildman–Crippen MR) is 166 cm³/mol. The first kappa shape index (κ1) is 31.6. The molecule has 3 saturated carbocycles. The smallest absolute Gasteiger partial charge is 0.306 e. The molecule has 3 unspecified atom stereocenters. The van der Waals surface area contributed by atoms with Crippen molar-refractivity contribution in [1.29, 1.82) is 0 Å². The highest BCUT2D eigenvalue weighted by molar-refractivity contribution is 5.87. The third-order valence-corrected chi connectivity index (χ3v) is 11.7. The van der Waals surface area contributed by atoms with Gasteiger partial charge in [-0.2, -0.15) is 0 Å². The van der Waals surface area contributed by atoms with Gasteiger partial charge in [-0.3, -0.25) is 9.59 Å². The van der Waals surface area contributed by atoms with E-state index < -0.39 is 0 Å². The van der Waals surface area contributed by atoms with Gasteiger partial charge in [0.25, 0.3) is 0 Å². The topological polar surface area (TPSA) is 43.4 Å². The fourth-order valence-corrected chi connectivity index (χ4v) is 9.08. The van der Waals surface area contributed by atoms with Gasteiger partial charge < -0.3 is 4.74 Å². The summed E-state index contributed by atoms with van der Waals surface area (Å²) in [5, 5.41) is 0. The predicted octanol–water partition coefficient (Wildman–Crippen LogP) is 10.5. The number of carbonyl (C=O) groups excluding carboxylic acids is 2. The summed E-state index contributed by atoms with van der Waals surface area (Å²) >= 11 is 0. The highest BCUT2D eigenvalue weighted by atomic mass is 16.5. The van der Waals surface area contributed by atoms with Crippen LogP contribution in [-0.2, 0) is 14.3 Å². The Kier molecular flexibility index (Phi) is 12.0. The van der Waals surface area contributed by atoms with E-state index in [0.717, 1.165) is 57.8 Å². The van der Waals surface area contributed by atoms with Gasteiger partial charge in [-0.05, 0) is 93.8 Å². The summed E-state index contributed by atoms with van der Waals surface area (Å²) in [7, 11) is 0. The van der Waals surface area contributed by atoms with Gasteiger partial charge in [-0.25, -0.2) is 0 Å². The lowest BCUT2D eigenvalue weighted by atomic mass is 9.48. The maximum absolute atomic E-state index is 12.7. The molecule has 4 aliphatic carbocycles. The van der Waals surface area contributed by atoms with Crippen LogP contribution in [0.5, 0.6) is 0 Å². The molecule has 0 spiro atoms. The monoisotopic (exact) mass is 552 g/mol. The zero-order valence-electron chi connectivity index (χ0n) is 26.3. The van der Waals surface area contributed by atoms with Crippen molar-refractivity contribution in [3.63, 3.8) is 0 Å². The zero-order chi connectivity index (χ0) is 28.4. The van der Waals surface area contributed by atoms with Crippen molar-refractivity contribution in [2.45, 2.75) is 168 Å². The van der Waals surface area contributed by atoms with E-state index in [9.17, 15) is 9.59 Å². The number of ether oxygens (including phenoxy) is 1. The Bertz CT molecular complexity index is 886. The molecule has 3 nitrogen and oxygen atoms in total. The number of fused-ring (bicyclic) bond motifs is 5. The van der Waals surface area contributed by atoms with Gasteiger partial charge in [0, 0.05) is 24.7 Å². The Morgan fingerprint density at radius 1 is 0.850 bits per heavy atom. The molecule has 6 atom stereocenters. The number of allylic oxidation sites excluding steroid dienone is 3. The van der Waals surface area contributed by atoms with Crippen LogP contribution in [0.4, 0.5) is 0 Å². The maximum Gasteiger partial charge on any atom is 0.306 e. The van der Waals surface area contributed by atoms with Gasteiger partial charge in [0.2, 0.25) is 0 Å². The van der Waals surface area contributed by atoms with Crippen LogP contribution in [0.2, 0.25) is 0 Å². The number of esters is 1. The SMILES string of the molecule is CCCCCCCC/C=C/CCCCCCCC(=O)O[C@H]1CC[C@@]2(C)C(=CCC3C2CC[C@]2(C)C(=O)CCC32)C1. The lowest BCUT2D eigenvalue weighted by molar-refractivity contribution is -0.151. The first-order chi connectivity index (χ1) is 19.4. The Labute approximate surface area is 246 Å². The van der Waals surface area contributed by atoms with E-state index in [4.69, 9.17) is 4.74 Å². The highest BCUT2D eigenvalue weighted by Crippen LogP contribution is 2.64. The van der Waals surface area contributed by atoms with E-state index in [-0.39, 0.29) is 22.9 Å². The van der Waals surface area contributed by atoms with E-state index in [2.05, 4.69) is 39.0 Å². The number of ketones is 1. The average Bonchev–Trinajstić information content (AvgIpc) is 3.25. The lowest BCUT2D eigenvalue weighted by Crippen LogP contribution is -2.50. The maximum atomic E-state index is 12.7. The quantitative estimate of drug-likeness (QED) is 0.109. The molecule has 0 bridgehead atoms. The zero-order valence-corrected chi connectivity index (χ0v) is 26.3. The first-order valence-corrected chi connectivity index (χ1v) is 17.5. The molecule has 0 aromatic rings. The molecular weight excluding hydrogens is 492 g/mol. The molecular formula is C37H60O3. The van der Waals surface area contributed by atoms with Crippen LogP contribution in [0.1, 0.15) is 162 Å².